The summed E-state index contributed by atoms with van der Waals surface area (Å²) in [5.74, 6) is 0. The van der Waals surface area contributed by atoms with Crippen molar-refractivity contribution in [1.82, 2.24) is 5.31 Å². The van der Waals surface area contributed by atoms with Crippen molar-refractivity contribution in [3.63, 3.8) is 0 Å². The minimum Gasteiger partial charge on any atom is -0.390 e. The fourth-order valence-electron chi connectivity index (χ4n) is 0.303. The monoisotopic (exact) mass is 104 g/mol. The summed E-state index contributed by atoms with van der Waals surface area (Å²) < 4.78 is 43.7. The van der Waals surface area contributed by atoms with Crippen LogP contribution in [0.5, 0.6) is 0 Å². The van der Waals surface area contributed by atoms with Gasteiger partial charge in [0, 0.05) is 16.6 Å². The van der Waals surface area contributed by atoms with E-state index in [0.29, 0.717) is 5.31 Å². The van der Waals surface area contributed by atoms with Crippen LogP contribution in [0.15, 0.2) is 12.3 Å². The predicted octanol–water partition coefficient (Wildman–Crippen LogP) is -0.179. The Balaban J connectivity index is 3.22. The van der Waals surface area contributed by atoms with E-state index in [1.54, 1.807) is 0 Å². The Bertz CT molecular complexity index is 247. The van der Waals surface area contributed by atoms with Crippen LogP contribution in [0.3, 0.4) is 0 Å². The van der Waals surface area contributed by atoms with Gasteiger partial charge >= 0.3 is 0 Å². The van der Waals surface area contributed by atoms with Crippen LogP contribution < -0.4 is 11.0 Å². The summed E-state index contributed by atoms with van der Waals surface area (Å²) in [6.07, 6.45) is -0.442. The molecule has 0 aromatic rings. The molecule has 2 heteroatoms. The molecule has 0 saturated heterocycles. The molecule has 40 valence electrons. The summed E-state index contributed by atoms with van der Waals surface area (Å²) in [6.45, 7) is -2.55. The Morgan fingerprint density at radius 2 is 3.14 bits per heavy atom. The quantitative estimate of drug-likeness (QED) is 0.447. The average molecular weight is 104 g/mol. The molecule has 1 atom stereocenters. The first-order chi connectivity index (χ1) is 5.63. The molecular formula is C5H10N2. The molecule has 0 saturated carbocycles. The summed E-state index contributed by atoms with van der Waals surface area (Å²) in [4.78, 5) is 0. The van der Waals surface area contributed by atoms with Gasteiger partial charge in [0.25, 0.3) is 0 Å². The third kappa shape index (κ3) is 1.20. The van der Waals surface area contributed by atoms with Gasteiger partial charge < -0.3 is 11.0 Å². The predicted molar refractivity (Wildman–Crippen MR) is 29.7 cm³/mol. The maximum Gasteiger partial charge on any atom is 0.160 e. The van der Waals surface area contributed by atoms with Crippen LogP contribution in [0, 0.1) is 0 Å². The fourth-order valence-corrected chi connectivity index (χ4v) is 0.303. The molecule has 0 amide bonds. The minimum absolute atomic E-state index is 0.349. The van der Waals surface area contributed by atoms with Gasteiger partial charge in [0.2, 0.25) is 0 Å². The molecule has 0 aromatic carbocycles. The van der Waals surface area contributed by atoms with E-state index < -0.39 is 18.9 Å². The highest BCUT2D eigenvalue weighted by molar-refractivity contribution is 4.90. The second kappa shape index (κ2) is 1.98. The highest BCUT2D eigenvalue weighted by Crippen LogP contribution is 1.91. The lowest BCUT2D eigenvalue weighted by molar-refractivity contribution is 0.615. The van der Waals surface area contributed by atoms with Crippen LogP contribution in [0.25, 0.3) is 0 Å². The van der Waals surface area contributed by atoms with Crippen molar-refractivity contribution in [2.45, 2.75) is 12.4 Å². The van der Waals surface area contributed by atoms with Crippen molar-refractivity contribution < 1.29 is 8.27 Å². The zero-order valence-electron chi connectivity index (χ0n) is 9.68. The van der Waals surface area contributed by atoms with Crippen LogP contribution >= 0.6 is 0 Å². The van der Waals surface area contributed by atoms with Gasteiger partial charge in [-0.2, -0.15) is 0 Å². The Kier molecular flexibility index (Phi) is 0.356. The molecule has 0 radical (unpaired) electrons. The van der Waals surface area contributed by atoms with Gasteiger partial charge in [-0.25, -0.2) is 0 Å². The van der Waals surface area contributed by atoms with E-state index in [9.17, 15) is 0 Å². The molecule has 1 rings (SSSR count). The van der Waals surface area contributed by atoms with E-state index >= 15 is 0 Å². The smallest absolute Gasteiger partial charge is 0.160 e. The van der Waals surface area contributed by atoms with Crippen LogP contribution in [0.1, 0.15) is 13.2 Å². The van der Waals surface area contributed by atoms with Gasteiger partial charge in [0.15, 0.2) is 1.41 Å². The first-order valence-electron chi connectivity index (χ1n) is 4.84. The Labute approximate surface area is 51.9 Å². The maximum absolute atomic E-state index is 7.38. The zero-order valence-corrected chi connectivity index (χ0v) is 3.68. The lowest BCUT2D eigenvalue weighted by atomic mass is 10.2. The number of nitrogens with one attached hydrogen (secondary N) is 1. The number of hydrogen-bond donors (Lipinski definition) is 2. The van der Waals surface area contributed by atoms with Crippen molar-refractivity contribution >= 4 is 0 Å². The van der Waals surface area contributed by atoms with E-state index in [1.807, 2.05) is 0 Å². The van der Waals surface area contributed by atoms with E-state index in [4.69, 9.17) is 14.0 Å². The highest BCUT2D eigenvalue weighted by atomic mass is 14.9. The summed E-state index contributed by atoms with van der Waals surface area (Å²) >= 11 is 0. The van der Waals surface area contributed by atoms with Gasteiger partial charge in [0.05, 0.1) is 2.74 Å². The average Bonchev–Trinajstić information content (AvgIpc) is 1.97. The summed E-state index contributed by atoms with van der Waals surface area (Å²) in [6, 6.07) is -2.49. The molecule has 2 nitrogen and oxygen atoms in total. The molecule has 0 aromatic heterocycles. The molecule has 3 N–H and O–H groups in total. The lowest BCUT2D eigenvalue weighted by Gasteiger charge is -2.12. The molecule has 0 spiro atoms. The second-order valence-corrected chi connectivity index (χ2v) is 1.11. The van der Waals surface area contributed by atoms with Crippen LogP contribution in [-0.2, 0) is 0 Å². The largest absolute Gasteiger partial charge is 0.390 e. The van der Waals surface area contributed by atoms with Crippen molar-refractivity contribution in [3.05, 3.63) is 12.3 Å². The Morgan fingerprint density at radius 3 is 3.86 bits per heavy atom. The van der Waals surface area contributed by atoms with E-state index in [2.05, 4.69) is 0 Å². The third-order valence-electron chi connectivity index (χ3n) is 0.573. The highest BCUT2D eigenvalue weighted by Gasteiger charge is 1.99. The van der Waals surface area contributed by atoms with Gasteiger partial charge in [-0.3, -0.25) is 0 Å². The maximum atomic E-state index is 7.38. The second-order valence-electron chi connectivity index (χ2n) is 1.11. The number of rotatable bonds is 0. The zero-order chi connectivity index (χ0) is 10.5. The van der Waals surface area contributed by atoms with Gasteiger partial charge in [0.1, 0.15) is 0 Å². The molecule has 0 fully saturated rings. The topological polar surface area (TPSA) is 38.0 Å². The number of nitrogens with two attached hydrogens (primary N) is 1. The molecule has 7 heavy (non-hydrogen) atoms. The van der Waals surface area contributed by atoms with Crippen molar-refractivity contribution in [2.75, 3.05) is 6.50 Å². The van der Waals surface area contributed by atoms with Gasteiger partial charge in [-0.05, 0) is 12.6 Å². The van der Waals surface area contributed by atoms with Crippen molar-refractivity contribution in [3.8, 4) is 0 Å². The Morgan fingerprint density at radius 1 is 2.29 bits per heavy atom. The lowest BCUT2D eigenvalue weighted by Crippen LogP contribution is -2.33. The first kappa shape index (κ1) is 1.26. The SMILES string of the molecule is [2H]N1C=CC([2H])([2H])C([2H])(N)C1([2H])[2H]. The van der Waals surface area contributed by atoms with E-state index in [-0.39, 0.29) is 0 Å². The van der Waals surface area contributed by atoms with Gasteiger partial charge in [-0.15, -0.1) is 0 Å². The standard InChI is InChI=1S/C5H10N2/c6-5-2-1-3-7-4-5/h1,3,5,7H,2,4,6H2/i2D2,4D2,5D/hD. The van der Waals surface area contributed by atoms with Crippen molar-refractivity contribution in [1.29, 1.82) is 0 Å². The molecule has 1 heterocycles. The molecular weight excluding hydrogens is 88.1 g/mol. The van der Waals surface area contributed by atoms with Gasteiger partial charge in [-0.1, -0.05) is 6.08 Å². The van der Waals surface area contributed by atoms with Crippen LogP contribution in [0.4, 0.5) is 0 Å². The summed E-state index contributed by atoms with van der Waals surface area (Å²) in [7, 11) is 0. The normalized spacial score (nSPS) is 68.4. The molecule has 1 unspecified atom stereocenters. The Hall–Kier alpha value is -0.500. The van der Waals surface area contributed by atoms with Crippen LogP contribution in [-0.4, -0.2) is 12.5 Å². The first-order valence-corrected chi connectivity index (χ1v) is 1.89. The van der Waals surface area contributed by atoms with E-state index in [0.717, 1.165) is 12.3 Å². The van der Waals surface area contributed by atoms with E-state index in [1.165, 1.54) is 0 Å². The van der Waals surface area contributed by atoms with Crippen molar-refractivity contribution in [2.24, 2.45) is 5.73 Å². The fraction of sp³-hybridized carbons (Fsp3) is 0.600. The third-order valence-corrected chi connectivity index (χ3v) is 0.573. The van der Waals surface area contributed by atoms with Crippen LogP contribution in [0.2, 0.25) is 1.41 Å². The molecule has 0 bridgehead atoms. The molecule has 0 aliphatic carbocycles. The number of hydrogen-bond acceptors (Lipinski definition) is 2. The molecule has 1 aliphatic heterocycles. The molecule has 1 aliphatic rings. The minimum atomic E-state index is -2.55. The summed E-state index contributed by atoms with van der Waals surface area (Å²) in [5, 5.41) is 0.349. The summed E-state index contributed by atoms with van der Waals surface area (Å²) in [5.41, 5.74) is 5.23.